The van der Waals surface area contributed by atoms with E-state index >= 15 is 0 Å². The van der Waals surface area contributed by atoms with Crippen molar-refractivity contribution < 1.29 is 9.13 Å². The largest absolute Gasteiger partial charge is 0.481 e. The van der Waals surface area contributed by atoms with Gasteiger partial charge in [0.15, 0.2) is 5.65 Å². The molecule has 132 valence electrons. The SMILES string of the molecule is COc1ccc2c(ncc3nc(CSC)n(Cc4cccc(F)c4)c32)n1. The molecule has 0 saturated carbocycles. The topological polar surface area (TPSA) is 52.8 Å². The highest BCUT2D eigenvalue weighted by Gasteiger charge is 2.15. The van der Waals surface area contributed by atoms with Crippen LogP contribution in [0.15, 0.2) is 42.6 Å². The van der Waals surface area contributed by atoms with E-state index in [4.69, 9.17) is 9.72 Å². The van der Waals surface area contributed by atoms with Gasteiger partial charge in [0, 0.05) is 18.0 Å². The highest BCUT2D eigenvalue weighted by Crippen LogP contribution is 2.27. The van der Waals surface area contributed by atoms with Gasteiger partial charge in [-0.3, -0.25) is 0 Å². The summed E-state index contributed by atoms with van der Waals surface area (Å²) in [7, 11) is 1.58. The van der Waals surface area contributed by atoms with Crippen LogP contribution in [0, 0.1) is 5.82 Å². The number of thioether (sulfide) groups is 1. The van der Waals surface area contributed by atoms with Gasteiger partial charge in [0.25, 0.3) is 0 Å². The predicted molar refractivity (Wildman–Crippen MR) is 102 cm³/mol. The zero-order valence-electron chi connectivity index (χ0n) is 14.4. The average Bonchev–Trinajstić information content (AvgIpc) is 2.99. The first-order valence-electron chi connectivity index (χ1n) is 8.12. The van der Waals surface area contributed by atoms with Gasteiger partial charge in [0.2, 0.25) is 5.88 Å². The third-order valence-electron chi connectivity index (χ3n) is 4.20. The van der Waals surface area contributed by atoms with Crippen LogP contribution in [0.3, 0.4) is 0 Å². The third-order valence-corrected chi connectivity index (χ3v) is 4.75. The number of methoxy groups -OCH3 is 1. The summed E-state index contributed by atoms with van der Waals surface area (Å²) in [5, 5.41) is 0.902. The number of rotatable bonds is 5. The van der Waals surface area contributed by atoms with Crippen LogP contribution in [0.25, 0.3) is 22.1 Å². The van der Waals surface area contributed by atoms with Crippen LogP contribution >= 0.6 is 11.8 Å². The summed E-state index contributed by atoms with van der Waals surface area (Å²) in [5.41, 5.74) is 3.26. The number of nitrogens with zero attached hydrogens (tertiary/aromatic N) is 4. The Balaban J connectivity index is 1.95. The summed E-state index contributed by atoms with van der Waals surface area (Å²) in [6.45, 7) is 0.537. The summed E-state index contributed by atoms with van der Waals surface area (Å²) in [4.78, 5) is 13.6. The van der Waals surface area contributed by atoms with Crippen molar-refractivity contribution in [3.63, 3.8) is 0 Å². The lowest BCUT2D eigenvalue weighted by atomic mass is 10.2. The van der Waals surface area contributed by atoms with Gasteiger partial charge in [0.1, 0.15) is 17.2 Å². The van der Waals surface area contributed by atoms with E-state index in [0.29, 0.717) is 18.1 Å². The van der Waals surface area contributed by atoms with Crippen LogP contribution in [0.1, 0.15) is 11.4 Å². The van der Waals surface area contributed by atoms with Crippen molar-refractivity contribution in [2.75, 3.05) is 13.4 Å². The molecule has 0 radical (unpaired) electrons. The molecule has 0 atom stereocenters. The van der Waals surface area contributed by atoms with Crippen LogP contribution in [0.2, 0.25) is 0 Å². The number of ether oxygens (including phenoxy) is 1. The van der Waals surface area contributed by atoms with Crippen molar-refractivity contribution >= 4 is 33.8 Å². The molecule has 5 nitrogen and oxygen atoms in total. The molecule has 0 fully saturated rings. The molecule has 3 heterocycles. The zero-order valence-corrected chi connectivity index (χ0v) is 15.3. The molecule has 0 aliphatic heterocycles. The summed E-state index contributed by atoms with van der Waals surface area (Å²) < 4.78 is 21.0. The molecule has 0 aliphatic carbocycles. The van der Waals surface area contributed by atoms with Crippen molar-refractivity contribution in [3.05, 3.63) is 59.8 Å². The summed E-state index contributed by atoms with van der Waals surface area (Å²) in [6, 6.07) is 10.4. The third kappa shape index (κ3) is 2.99. The number of imidazole rings is 1. The molecule has 0 amide bonds. The normalized spacial score (nSPS) is 11.3. The molecule has 26 heavy (non-hydrogen) atoms. The zero-order chi connectivity index (χ0) is 18.1. The Bertz CT molecular complexity index is 1100. The van der Waals surface area contributed by atoms with Crippen molar-refractivity contribution in [2.45, 2.75) is 12.3 Å². The Morgan fingerprint density at radius 1 is 1.19 bits per heavy atom. The number of pyridine rings is 2. The van der Waals surface area contributed by atoms with Gasteiger partial charge in [-0.2, -0.15) is 16.7 Å². The minimum Gasteiger partial charge on any atom is -0.481 e. The van der Waals surface area contributed by atoms with E-state index in [1.807, 2.05) is 24.5 Å². The minimum absolute atomic E-state index is 0.240. The lowest BCUT2D eigenvalue weighted by molar-refractivity contribution is 0.399. The highest BCUT2D eigenvalue weighted by atomic mass is 32.2. The van der Waals surface area contributed by atoms with Gasteiger partial charge in [-0.1, -0.05) is 12.1 Å². The molecular weight excluding hydrogens is 351 g/mol. The van der Waals surface area contributed by atoms with Gasteiger partial charge in [-0.15, -0.1) is 0 Å². The fourth-order valence-electron chi connectivity index (χ4n) is 3.07. The summed E-state index contributed by atoms with van der Waals surface area (Å²) >= 11 is 1.70. The number of halogens is 1. The lowest BCUT2D eigenvalue weighted by Gasteiger charge is -2.10. The fourth-order valence-corrected chi connectivity index (χ4v) is 3.55. The van der Waals surface area contributed by atoms with Crippen molar-refractivity contribution in [3.8, 4) is 5.88 Å². The molecule has 4 aromatic rings. The number of hydrogen-bond donors (Lipinski definition) is 0. The summed E-state index contributed by atoms with van der Waals surface area (Å²) in [6.07, 6.45) is 3.77. The Morgan fingerprint density at radius 3 is 2.85 bits per heavy atom. The van der Waals surface area contributed by atoms with Crippen molar-refractivity contribution in [1.29, 1.82) is 0 Å². The average molecular weight is 368 g/mol. The van der Waals surface area contributed by atoms with E-state index in [1.54, 1.807) is 37.2 Å². The first kappa shape index (κ1) is 16.8. The Kier molecular flexibility index (Phi) is 4.46. The van der Waals surface area contributed by atoms with Crippen LogP contribution in [-0.4, -0.2) is 32.9 Å². The number of benzene rings is 1. The van der Waals surface area contributed by atoms with E-state index in [2.05, 4.69) is 14.5 Å². The Morgan fingerprint density at radius 2 is 2.08 bits per heavy atom. The molecule has 3 aromatic heterocycles. The molecule has 0 aliphatic rings. The molecule has 0 N–H and O–H groups in total. The predicted octanol–water partition coefficient (Wildman–Crippen LogP) is 4.04. The summed E-state index contributed by atoms with van der Waals surface area (Å²) in [5.74, 6) is 1.97. The quantitative estimate of drug-likeness (QED) is 0.532. The van der Waals surface area contributed by atoms with E-state index in [9.17, 15) is 4.39 Å². The standard InChI is InChI=1S/C19H17FN4OS/c1-25-17-7-6-14-18-15(9-21-19(14)23-17)22-16(11-26-2)24(18)10-12-4-3-5-13(20)8-12/h3-9H,10-11H2,1-2H3. The van der Waals surface area contributed by atoms with Crippen molar-refractivity contribution in [2.24, 2.45) is 0 Å². The second-order valence-electron chi connectivity index (χ2n) is 5.89. The van der Waals surface area contributed by atoms with Gasteiger partial charge in [-0.25, -0.2) is 14.4 Å². The second-order valence-corrected chi connectivity index (χ2v) is 6.76. The number of aromatic nitrogens is 4. The van der Waals surface area contributed by atoms with Gasteiger partial charge in [0.05, 0.1) is 24.6 Å². The van der Waals surface area contributed by atoms with Crippen LogP contribution in [-0.2, 0) is 12.3 Å². The van der Waals surface area contributed by atoms with E-state index in [-0.39, 0.29) is 5.82 Å². The van der Waals surface area contributed by atoms with Crippen molar-refractivity contribution in [1.82, 2.24) is 19.5 Å². The van der Waals surface area contributed by atoms with Gasteiger partial charge >= 0.3 is 0 Å². The Hall–Kier alpha value is -2.67. The maximum absolute atomic E-state index is 13.6. The van der Waals surface area contributed by atoms with Gasteiger partial charge in [-0.05, 0) is 30.0 Å². The molecule has 0 bridgehead atoms. The molecule has 4 rings (SSSR count). The minimum atomic E-state index is -0.240. The maximum Gasteiger partial charge on any atom is 0.215 e. The molecule has 0 unspecified atom stereocenters. The second kappa shape index (κ2) is 6.92. The monoisotopic (exact) mass is 368 g/mol. The van der Waals surface area contributed by atoms with E-state index < -0.39 is 0 Å². The first-order chi connectivity index (χ1) is 12.7. The van der Waals surface area contributed by atoms with Crippen LogP contribution < -0.4 is 4.74 Å². The number of fused-ring (bicyclic) bond motifs is 3. The van der Waals surface area contributed by atoms with E-state index in [0.717, 1.165) is 33.6 Å². The molecular formula is C19H17FN4OS. The molecule has 1 aromatic carbocycles. The molecule has 7 heteroatoms. The highest BCUT2D eigenvalue weighted by molar-refractivity contribution is 7.97. The van der Waals surface area contributed by atoms with Crippen LogP contribution in [0.4, 0.5) is 4.39 Å². The molecule has 0 spiro atoms. The first-order valence-corrected chi connectivity index (χ1v) is 9.51. The smallest absolute Gasteiger partial charge is 0.215 e. The Labute approximate surface area is 154 Å². The fraction of sp³-hybridized carbons (Fsp3) is 0.211. The van der Waals surface area contributed by atoms with Crippen LogP contribution in [0.5, 0.6) is 5.88 Å². The van der Waals surface area contributed by atoms with E-state index in [1.165, 1.54) is 6.07 Å². The molecule has 0 saturated heterocycles. The maximum atomic E-state index is 13.6. The van der Waals surface area contributed by atoms with Gasteiger partial charge < -0.3 is 9.30 Å². The number of hydrogen-bond acceptors (Lipinski definition) is 5. The lowest BCUT2D eigenvalue weighted by Crippen LogP contribution is -2.05.